The third-order valence-electron chi connectivity index (χ3n) is 3.06. The highest BCUT2D eigenvalue weighted by molar-refractivity contribution is 9.10. The third-order valence-corrected chi connectivity index (χ3v) is 5.16. The summed E-state index contributed by atoms with van der Waals surface area (Å²) in [6.45, 7) is 0.187. The number of hydrogen-bond donors (Lipinski definition) is 1. The first kappa shape index (κ1) is 17.8. The summed E-state index contributed by atoms with van der Waals surface area (Å²) in [5, 5.41) is 19.7. The van der Waals surface area contributed by atoms with E-state index in [1.54, 1.807) is 16.7 Å². The topological polar surface area (TPSA) is 59.7 Å². The molecule has 0 fully saturated rings. The standard InChI is InChI=1S/C15H12BrCl2N3O2S/c16-9-1-3-12(4-2-9)23-7-11(22)8-24-15-20-19-14-13(18)5-10(17)6-21(14)15/h1-6,11,22H,7-8H2. The molecule has 1 N–H and O–H groups in total. The van der Waals surface area contributed by atoms with Gasteiger partial charge in [0.2, 0.25) is 0 Å². The van der Waals surface area contributed by atoms with Gasteiger partial charge in [0.1, 0.15) is 12.4 Å². The van der Waals surface area contributed by atoms with Gasteiger partial charge in [0, 0.05) is 16.4 Å². The highest BCUT2D eigenvalue weighted by Gasteiger charge is 2.13. The van der Waals surface area contributed by atoms with E-state index < -0.39 is 6.10 Å². The normalized spacial score (nSPS) is 12.5. The first-order valence-electron chi connectivity index (χ1n) is 6.92. The Kier molecular flexibility index (Phi) is 5.89. The van der Waals surface area contributed by atoms with Crippen molar-refractivity contribution in [3.05, 3.63) is 51.0 Å². The second-order valence-electron chi connectivity index (χ2n) is 4.91. The minimum Gasteiger partial charge on any atom is -0.491 e. The quantitative estimate of drug-likeness (QED) is 0.568. The van der Waals surface area contributed by atoms with E-state index in [0.29, 0.717) is 32.4 Å². The molecule has 1 unspecified atom stereocenters. The van der Waals surface area contributed by atoms with Gasteiger partial charge in [-0.15, -0.1) is 10.2 Å². The van der Waals surface area contributed by atoms with E-state index in [9.17, 15) is 5.11 Å². The van der Waals surface area contributed by atoms with Crippen LogP contribution in [0.1, 0.15) is 0 Å². The summed E-state index contributed by atoms with van der Waals surface area (Å²) < 4.78 is 8.23. The Bertz CT molecular complexity index is 845. The molecule has 0 radical (unpaired) electrons. The van der Waals surface area contributed by atoms with Crippen molar-refractivity contribution in [2.45, 2.75) is 11.3 Å². The predicted molar refractivity (Wildman–Crippen MR) is 99.4 cm³/mol. The Hall–Kier alpha value is -0.990. The number of halogens is 3. The second-order valence-corrected chi connectivity index (χ2v) is 7.66. The van der Waals surface area contributed by atoms with E-state index in [1.165, 1.54) is 11.8 Å². The summed E-state index contributed by atoms with van der Waals surface area (Å²) in [4.78, 5) is 0. The lowest BCUT2D eigenvalue weighted by Crippen LogP contribution is -2.20. The van der Waals surface area contributed by atoms with E-state index in [1.807, 2.05) is 24.3 Å². The van der Waals surface area contributed by atoms with Gasteiger partial charge >= 0.3 is 0 Å². The zero-order valence-corrected chi connectivity index (χ0v) is 16.1. The van der Waals surface area contributed by atoms with Crippen molar-refractivity contribution >= 4 is 56.5 Å². The van der Waals surface area contributed by atoms with Crippen LogP contribution in [0.5, 0.6) is 5.75 Å². The number of aromatic nitrogens is 3. The second kappa shape index (κ2) is 7.93. The Morgan fingerprint density at radius 1 is 1.25 bits per heavy atom. The summed E-state index contributed by atoms with van der Waals surface area (Å²) in [5.74, 6) is 1.11. The number of benzene rings is 1. The maximum absolute atomic E-state index is 10.1. The van der Waals surface area contributed by atoms with Crippen LogP contribution in [0.4, 0.5) is 0 Å². The molecule has 0 saturated carbocycles. The molecule has 0 aliphatic heterocycles. The molecule has 3 rings (SSSR count). The van der Waals surface area contributed by atoms with E-state index in [2.05, 4.69) is 26.1 Å². The molecule has 0 aliphatic carbocycles. The number of pyridine rings is 1. The molecule has 5 nitrogen and oxygen atoms in total. The van der Waals surface area contributed by atoms with Gasteiger partial charge < -0.3 is 9.84 Å². The van der Waals surface area contributed by atoms with Crippen molar-refractivity contribution in [2.75, 3.05) is 12.4 Å². The average Bonchev–Trinajstić information content (AvgIpc) is 2.95. The van der Waals surface area contributed by atoms with E-state index in [-0.39, 0.29) is 6.61 Å². The van der Waals surface area contributed by atoms with Crippen LogP contribution < -0.4 is 4.74 Å². The van der Waals surface area contributed by atoms with Crippen molar-refractivity contribution in [1.29, 1.82) is 0 Å². The molecule has 24 heavy (non-hydrogen) atoms. The van der Waals surface area contributed by atoms with Crippen LogP contribution in [0.15, 0.2) is 46.2 Å². The summed E-state index contributed by atoms with van der Waals surface area (Å²) in [7, 11) is 0. The van der Waals surface area contributed by atoms with Crippen LogP contribution in [0.2, 0.25) is 10.0 Å². The monoisotopic (exact) mass is 447 g/mol. The largest absolute Gasteiger partial charge is 0.491 e. The average molecular weight is 449 g/mol. The summed E-state index contributed by atoms with van der Waals surface area (Å²) in [5.41, 5.74) is 0.532. The van der Waals surface area contributed by atoms with Crippen molar-refractivity contribution in [1.82, 2.24) is 14.6 Å². The molecule has 126 valence electrons. The molecule has 1 atom stereocenters. The number of fused-ring (bicyclic) bond motifs is 1. The minimum absolute atomic E-state index is 0.187. The van der Waals surface area contributed by atoms with Crippen molar-refractivity contribution in [2.24, 2.45) is 0 Å². The van der Waals surface area contributed by atoms with Crippen LogP contribution in [0.3, 0.4) is 0 Å². The Labute approximate surface area is 161 Å². The SMILES string of the molecule is OC(COc1ccc(Br)cc1)CSc1nnc2c(Cl)cc(Cl)cn12. The Morgan fingerprint density at radius 2 is 2.00 bits per heavy atom. The first-order chi connectivity index (χ1) is 11.5. The molecule has 2 heterocycles. The van der Waals surface area contributed by atoms with Gasteiger partial charge in [0.05, 0.1) is 16.1 Å². The van der Waals surface area contributed by atoms with Crippen molar-refractivity contribution in [3.63, 3.8) is 0 Å². The number of aliphatic hydroxyl groups is 1. The maximum Gasteiger partial charge on any atom is 0.195 e. The molecular weight excluding hydrogens is 437 g/mol. The number of thioether (sulfide) groups is 1. The van der Waals surface area contributed by atoms with Crippen molar-refractivity contribution in [3.8, 4) is 5.75 Å². The van der Waals surface area contributed by atoms with Crippen LogP contribution in [0, 0.1) is 0 Å². The van der Waals surface area contributed by atoms with Crippen molar-refractivity contribution < 1.29 is 9.84 Å². The van der Waals surface area contributed by atoms with Gasteiger partial charge in [-0.25, -0.2) is 0 Å². The van der Waals surface area contributed by atoms with Gasteiger partial charge in [0.25, 0.3) is 0 Å². The minimum atomic E-state index is -0.652. The van der Waals surface area contributed by atoms with Gasteiger partial charge in [-0.05, 0) is 30.3 Å². The van der Waals surface area contributed by atoms with E-state index in [0.717, 1.165) is 4.47 Å². The fourth-order valence-electron chi connectivity index (χ4n) is 1.94. The fourth-order valence-corrected chi connectivity index (χ4v) is 3.53. The van der Waals surface area contributed by atoms with E-state index >= 15 is 0 Å². The van der Waals surface area contributed by atoms with Gasteiger partial charge in [0.15, 0.2) is 10.8 Å². The molecule has 1 aromatic carbocycles. The number of ether oxygens (including phenoxy) is 1. The zero-order valence-electron chi connectivity index (χ0n) is 12.2. The maximum atomic E-state index is 10.1. The molecule has 0 bridgehead atoms. The Morgan fingerprint density at radius 3 is 2.75 bits per heavy atom. The summed E-state index contributed by atoms with van der Waals surface area (Å²) in [6, 6.07) is 9.04. The summed E-state index contributed by atoms with van der Waals surface area (Å²) >= 11 is 16.8. The summed E-state index contributed by atoms with van der Waals surface area (Å²) in [6.07, 6.45) is 1.04. The molecule has 0 aliphatic rings. The number of aliphatic hydroxyl groups excluding tert-OH is 1. The molecule has 0 saturated heterocycles. The predicted octanol–water partition coefficient (Wildman–Crippen LogP) is 4.33. The lowest BCUT2D eigenvalue weighted by molar-refractivity contribution is 0.126. The highest BCUT2D eigenvalue weighted by Crippen LogP contribution is 2.25. The zero-order chi connectivity index (χ0) is 17.1. The fraction of sp³-hybridized carbons (Fsp3) is 0.200. The van der Waals surface area contributed by atoms with E-state index in [4.69, 9.17) is 27.9 Å². The Balaban J connectivity index is 1.58. The van der Waals surface area contributed by atoms with Gasteiger partial charge in [-0.1, -0.05) is 50.9 Å². The lowest BCUT2D eigenvalue weighted by Gasteiger charge is -2.11. The number of rotatable bonds is 6. The van der Waals surface area contributed by atoms with Crippen LogP contribution in [0.25, 0.3) is 5.65 Å². The number of nitrogens with zero attached hydrogens (tertiary/aromatic N) is 3. The highest BCUT2D eigenvalue weighted by atomic mass is 79.9. The van der Waals surface area contributed by atoms with Crippen LogP contribution >= 0.6 is 50.9 Å². The first-order valence-corrected chi connectivity index (χ1v) is 9.45. The van der Waals surface area contributed by atoms with Crippen LogP contribution in [-0.4, -0.2) is 38.2 Å². The lowest BCUT2D eigenvalue weighted by atomic mass is 10.3. The molecule has 2 aromatic heterocycles. The van der Waals surface area contributed by atoms with Crippen LogP contribution in [-0.2, 0) is 0 Å². The molecular formula is C15H12BrCl2N3O2S. The molecule has 9 heteroatoms. The molecule has 0 amide bonds. The van der Waals surface area contributed by atoms with Gasteiger partial charge in [-0.2, -0.15) is 0 Å². The smallest absolute Gasteiger partial charge is 0.195 e. The molecule has 3 aromatic rings. The molecule has 0 spiro atoms. The number of hydrogen-bond acceptors (Lipinski definition) is 5. The van der Waals surface area contributed by atoms with Gasteiger partial charge in [-0.3, -0.25) is 4.40 Å². The third kappa shape index (κ3) is 4.34.